The van der Waals surface area contributed by atoms with Crippen molar-refractivity contribution in [3.63, 3.8) is 0 Å². The number of esters is 1. The van der Waals surface area contributed by atoms with E-state index in [9.17, 15) is 117 Å². The maximum atomic E-state index is 12.5. The van der Waals surface area contributed by atoms with Crippen molar-refractivity contribution < 1.29 is 248 Å². The molecule has 5 rings (SSSR count). The van der Waals surface area contributed by atoms with Gasteiger partial charge in [-0.3, -0.25) is 4.79 Å². The quantitative estimate of drug-likeness (QED) is 0.0159. The molecule has 5 aliphatic rings. The van der Waals surface area contributed by atoms with Gasteiger partial charge in [-0.05, 0) is 60.9 Å². The molecule has 5 saturated heterocycles. The Morgan fingerprint density at radius 2 is 0.848 bits per heavy atom. The van der Waals surface area contributed by atoms with Crippen molar-refractivity contribution in [3.8, 4) is 0 Å². The van der Waals surface area contributed by atoms with Crippen LogP contribution in [0.4, 0.5) is 0 Å². The number of hydrogen-bond donors (Lipinski definition) is 25. The van der Waals surface area contributed by atoms with Gasteiger partial charge in [-0.25, -0.2) is 4.79 Å². The minimum atomic E-state index is -2.94. The summed E-state index contributed by atoms with van der Waals surface area (Å²) in [5.41, 5.74) is 5.48. The molecule has 5 aliphatic heterocycles. The van der Waals surface area contributed by atoms with E-state index in [1.165, 1.54) is 0 Å². The van der Waals surface area contributed by atoms with E-state index in [4.69, 9.17) is 75.7 Å². The first-order valence-electron chi connectivity index (χ1n) is 31.7. The Balaban J connectivity index is 0.00000135. The number of nitrogens with two attached hydrogens (primary N) is 1. The minimum Gasteiger partial charge on any atom is -0.870 e. The average molecular weight is 1520 g/mol. The second-order valence-electron chi connectivity index (χ2n) is 22.2. The van der Waals surface area contributed by atoms with Gasteiger partial charge in [0.25, 0.3) is 5.91 Å². The van der Waals surface area contributed by atoms with Gasteiger partial charge in [-0.15, -0.1) is 0 Å². The smallest absolute Gasteiger partial charge is 0.870 e. The number of hydrogen-bond acceptors (Lipinski definition) is 41. The normalized spacial score (nSPS) is 35.3. The molecule has 42 nitrogen and oxygen atoms in total. The van der Waals surface area contributed by atoms with Gasteiger partial charge in [0.2, 0.25) is 0 Å². The summed E-state index contributed by atoms with van der Waals surface area (Å²) in [6, 6.07) is 1.20. The molecular formula is C54H109KN2O40Si2. The molecule has 0 radical (unpaired) electrons. The van der Waals surface area contributed by atoms with Gasteiger partial charge in [0.15, 0.2) is 43.5 Å². The van der Waals surface area contributed by atoms with Crippen LogP contribution in [-0.4, -0.2) is 416 Å². The number of aliphatic hydroxyl groups is 23. The molecule has 5 heterocycles. The Kier molecular flexibility index (Phi) is 49.9. The molecule has 0 aromatic rings. The fourth-order valence-electron chi connectivity index (χ4n) is 10.2. The zero-order valence-corrected chi connectivity index (χ0v) is 61.4. The summed E-state index contributed by atoms with van der Waals surface area (Å²) >= 11 is 0. The summed E-state index contributed by atoms with van der Waals surface area (Å²) in [5.74, 6) is -2.17. The summed E-state index contributed by atoms with van der Waals surface area (Å²) in [5, 5.41) is 225. The van der Waals surface area contributed by atoms with Crippen LogP contribution in [0.2, 0.25) is 12.1 Å². The Bertz CT molecular complexity index is 2090. The van der Waals surface area contributed by atoms with Crippen molar-refractivity contribution in [2.45, 2.75) is 238 Å². The monoisotopic (exact) mass is 1520 g/mol. The van der Waals surface area contributed by atoms with Crippen LogP contribution in [0.25, 0.3) is 0 Å². The van der Waals surface area contributed by atoms with Crippen LogP contribution in [0.1, 0.15) is 54.4 Å². The van der Waals surface area contributed by atoms with Gasteiger partial charge < -0.3 is 198 Å². The van der Waals surface area contributed by atoms with Crippen LogP contribution in [0, 0.1) is 0 Å². The SMILES string of the molecule is CCO[Si](CCCN)(OCC)OCC.CCO[Si](CCCNC(=O)C(O)C(O)C(OC1OC(CO)C(O)C(O)C1O)C(O)CO)(OCC)OCC.O=C1OC(CO)C(OC2OC(CO)C(O)C(O)C2O)C(O)C1O.OCC1OC(OC2C(CO)OC(O)C(O)C2O)C(O)C(O)C1O.[K+].[OH-]. The summed E-state index contributed by atoms with van der Waals surface area (Å²) < 4.78 is 74.9. The number of nitrogens with one attached hydrogen (secondary N) is 1. The van der Waals surface area contributed by atoms with E-state index < -0.39 is 241 Å². The van der Waals surface area contributed by atoms with Gasteiger partial charge in [-0.2, -0.15) is 0 Å². The van der Waals surface area contributed by atoms with Gasteiger partial charge in [0, 0.05) is 58.3 Å². The van der Waals surface area contributed by atoms with E-state index in [0.29, 0.717) is 58.7 Å². The molecule has 45 heteroatoms. The number of amides is 1. The van der Waals surface area contributed by atoms with Crippen molar-refractivity contribution in [1.82, 2.24) is 5.32 Å². The van der Waals surface area contributed by atoms with Gasteiger partial charge in [-0.1, -0.05) is 0 Å². The first kappa shape index (κ1) is 98.5. The summed E-state index contributed by atoms with van der Waals surface area (Å²) in [7, 11) is -5.34. The van der Waals surface area contributed by atoms with E-state index in [1.54, 1.807) is 0 Å². The van der Waals surface area contributed by atoms with Crippen LogP contribution >= 0.6 is 0 Å². The Morgan fingerprint density at radius 1 is 0.485 bits per heavy atom. The number of aliphatic hydroxyl groups excluding tert-OH is 23. The number of cyclic esters (lactones) is 1. The Labute approximate surface area is 615 Å². The predicted octanol–water partition coefficient (Wildman–Crippen LogP) is -16.6. The van der Waals surface area contributed by atoms with Crippen LogP contribution in [0.3, 0.4) is 0 Å². The zero-order valence-electron chi connectivity index (χ0n) is 56.2. The summed E-state index contributed by atoms with van der Waals surface area (Å²) in [6.07, 6.45) is -45.2. The molecule has 0 aromatic heterocycles. The molecule has 1 amide bonds. The molecule has 0 spiro atoms. The molecular weight excluding hydrogens is 1410 g/mol. The van der Waals surface area contributed by atoms with Crippen LogP contribution in [0.15, 0.2) is 0 Å². The van der Waals surface area contributed by atoms with E-state index in [0.717, 1.165) is 12.5 Å². The maximum absolute atomic E-state index is 12.5. The van der Waals surface area contributed by atoms with Crippen molar-refractivity contribution in [2.24, 2.45) is 5.73 Å². The van der Waals surface area contributed by atoms with Crippen LogP contribution in [0.5, 0.6) is 0 Å². The topological polar surface area (TPSA) is 697 Å². The van der Waals surface area contributed by atoms with Gasteiger partial charge in [0.1, 0.15) is 128 Å². The second kappa shape index (κ2) is 50.2. The summed E-state index contributed by atoms with van der Waals surface area (Å²) in [4.78, 5) is 23.7. The predicted molar refractivity (Wildman–Crippen MR) is 324 cm³/mol. The third kappa shape index (κ3) is 28.5. The number of ether oxygens (including phenoxy) is 8. The summed E-state index contributed by atoms with van der Waals surface area (Å²) in [6.45, 7) is 10.6. The molecule has 0 aromatic carbocycles. The fraction of sp³-hybridized carbons (Fsp3) is 0.963. The largest absolute Gasteiger partial charge is 1.00 e. The first-order valence-corrected chi connectivity index (χ1v) is 35.6. The van der Waals surface area contributed by atoms with E-state index in [-0.39, 0.29) is 63.4 Å². The molecule has 584 valence electrons. The maximum Gasteiger partial charge on any atom is 1.00 e. The third-order valence-corrected chi connectivity index (χ3v) is 21.6. The molecule has 0 bridgehead atoms. The molecule has 0 saturated carbocycles. The number of carbonyl (C=O) groups excluding carboxylic acids is 2. The van der Waals surface area contributed by atoms with Crippen molar-refractivity contribution in [2.75, 3.05) is 92.4 Å². The third-order valence-electron chi connectivity index (χ3n) is 15.3. The van der Waals surface area contributed by atoms with Crippen molar-refractivity contribution in [1.29, 1.82) is 0 Å². The Hall–Kier alpha value is -0.510. The standard InChI is InChI=1S/C21H43NO14Si.C12H22O11.C12H20O11.C9H23NO3Si.K.H2O/c1-4-32-37(33-5-2,34-6-3)9-7-8-22-20(31)17(29)16(28)19(12(25)10-23)36-21-18(30)15(27)14(26)13(11-24)35-21;2*13-1-3-5(15)6(16)9(19)12(22-3)23-10-4(2-14)21-11(20)8(18)7(10)17;1-4-11-14(12-5-2,13-6-3)9-7-8-10;;/h12-19,21,23-30H,4-11H2,1-3H3,(H,22,31);3-20H,1-2H2;3-10,12-19H,1-2H2;4-10H2,1-3H3;;1H2/q;;;;+1;/p-1. The number of rotatable bonds is 35. The van der Waals surface area contributed by atoms with Crippen LogP contribution in [-0.2, 0) is 74.0 Å². The Morgan fingerprint density at radius 3 is 1.21 bits per heavy atom. The number of carbonyl (C=O) groups is 2. The molecule has 0 aliphatic carbocycles. The van der Waals surface area contributed by atoms with Crippen LogP contribution < -0.4 is 62.4 Å². The van der Waals surface area contributed by atoms with Gasteiger partial charge in [0.05, 0.1) is 39.6 Å². The van der Waals surface area contributed by atoms with E-state index in [1.807, 2.05) is 41.5 Å². The zero-order chi connectivity index (χ0) is 73.7. The molecule has 28 atom stereocenters. The van der Waals surface area contributed by atoms with Crippen molar-refractivity contribution in [3.05, 3.63) is 0 Å². The fourth-order valence-corrected chi connectivity index (χ4v) is 15.4. The average Bonchev–Trinajstić information content (AvgIpc) is 0.801. The van der Waals surface area contributed by atoms with Gasteiger partial charge >= 0.3 is 75.0 Å². The van der Waals surface area contributed by atoms with E-state index in [2.05, 4.69) is 10.1 Å². The second-order valence-corrected chi connectivity index (χ2v) is 27.6. The van der Waals surface area contributed by atoms with Crippen molar-refractivity contribution >= 4 is 29.5 Å². The minimum absolute atomic E-state index is 0. The first-order chi connectivity index (χ1) is 45.9. The van der Waals surface area contributed by atoms with E-state index >= 15 is 0 Å². The molecule has 5 fully saturated rings. The molecule has 99 heavy (non-hydrogen) atoms. The molecule has 28 unspecified atom stereocenters. The molecule has 27 N–H and O–H groups in total.